The minimum absolute atomic E-state index is 0.0374. The molecule has 2 N–H and O–H groups in total. The number of likely N-dealkylation sites (N-methyl/N-ethyl adjacent to an activating group) is 1. The van der Waals surface area contributed by atoms with Gasteiger partial charge in [-0.1, -0.05) is 24.3 Å². The fourth-order valence-electron chi connectivity index (χ4n) is 8.05. The van der Waals surface area contributed by atoms with Crippen LogP contribution in [0.5, 0.6) is 11.5 Å². The molecule has 0 spiro atoms. The fourth-order valence-corrected chi connectivity index (χ4v) is 8.41. The molecule has 0 bridgehead atoms. The lowest BCUT2D eigenvalue weighted by Gasteiger charge is -2.53. The zero-order valence-electron chi connectivity index (χ0n) is 28.1. The van der Waals surface area contributed by atoms with E-state index < -0.39 is 11.4 Å². The van der Waals surface area contributed by atoms with E-state index in [0.29, 0.717) is 17.7 Å². The van der Waals surface area contributed by atoms with E-state index in [2.05, 4.69) is 68.9 Å². The molecule has 11 heteroatoms. The summed E-state index contributed by atoms with van der Waals surface area (Å²) in [6.07, 6.45) is 7.20. The first-order valence-corrected chi connectivity index (χ1v) is 17.1. The van der Waals surface area contributed by atoms with Gasteiger partial charge in [-0.05, 0) is 89.8 Å². The lowest BCUT2D eigenvalue weighted by atomic mass is 9.69. The second-order valence-corrected chi connectivity index (χ2v) is 14.3. The normalized spacial score (nSPS) is 20.7. The molecular weight excluding hydrogens is 702 g/mol. The molecule has 256 valence electrons. The number of aromatic nitrogens is 2. The summed E-state index contributed by atoms with van der Waals surface area (Å²) in [5.41, 5.74) is 4.86. The third-order valence-electron chi connectivity index (χ3n) is 10.2. The van der Waals surface area contributed by atoms with Crippen LogP contribution in [-0.2, 0) is 28.5 Å². The Kier molecular flexibility index (Phi) is 8.62. The third-order valence-corrected chi connectivity index (χ3v) is 10.6. The average molecular weight is 739 g/mol. The second-order valence-electron chi connectivity index (χ2n) is 13.3. The first-order chi connectivity index (χ1) is 23.9. The highest BCUT2D eigenvalue weighted by atomic mass is 79.9. The number of hydrogen-bond acceptors (Lipinski definition) is 9. The fraction of sp³-hybridized carbons (Fsp3) is 0.282. The highest BCUT2D eigenvalue weighted by Gasteiger charge is 2.52. The maximum Gasteiger partial charge on any atom is 0.339 e. The summed E-state index contributed by atoms with van der Waals surface area (Å²) in [4.78, 5) is 43.6. The monoisotopic (exact) mass is 737 g/mol. The van der Waals surface area contributed by atoms with Gasteiger partial charge >= 0.3 is 5.97 Å². The molecule has 3 heterocycles. The van der Waals surface area contributed by atoms with Crippen molar-refractivity contribution in [3.05, 3.63) is 122 Å². The molecule has 0 amide bonds. The standard InChI is InChI=1S/C24H26BrN3O3.C15H10O4/c1-27-13-17-8-21-24(30-3,19-5-4-6-20(27)22(17)19)9-15(12-28(21)2)14-31-23(29)16-7-18(25)11-26-10-16;1-7-5-9-13(11(17)6-7)15(19)12-8(14(9)18)3-2-4-10(12)16/h4-7,10-11,13,15,21H,8-9,12,14H2,1-3H3;2-6,16-17H,1H3. The molecule has 10 nitrogen and oxygen atoms in total. The quantitative estimate of drug-likeness (QED) is 0.206. The van der Waals surface area contributed by atoms with Gasteiger partial charge in [0.1, 0.15) is 17.1 Å². The van der Waals surface area contributed by atoms with Gasteiger partial charge in [0.15, 0.2) is 5.78 Å². The van der Waals surface area contributed by atoms with E-state index in [0.717, 1.165) is 23.9 Å². The Balaban J connectivity index is 0.000000176. The third kappa shape index (κ3) is 5.49. The number of phenols is 2. The van der Waals surface area contributed by atoms with Crippen molar-refractivity contribution in [2.24, 2.45) is 13.0 Å². The van der Waals surface area contributed by atoms with E-state index >= 15 is 0 Å². The van der Waals surface area contributed by atoms with Crippen LogP contribution in [0.1, 0.15) is 65.3 Å². The number of halogens is 1. The molecule has 50 heavy (non-hydrogen) atoms. The van der Waals surface area contributed by atoms with E-state index in [9.17, 15) is 24.6 Å². The van der Waals surface area contributed by atoms with Gasteiger partial charge < -0.3 is 24.3 Å². The van der Waals surface area contributed by atoms with Crippen molar-refractivity contribution in [2.45, 2.75) is 31.4 Å². The van der Waals surface area contributed by atoms with E-state index in [1.54, 1.807) is 25.3 Å². The Morgan fingerprint density at radius 1 is 1.00 bits per heavy atom. The molecule has 8 rings (SSSR count). The van der Waals surface area contributed by atoms with Gasteiger partial charge in [0.2, 0.25) is 5.78 Å². The minimum Gasteiger partial charge on any atom is -0.507 e. The number of phenolic OH excluding ortho intramolecular Hbond substituents is 2. The number of carbonyl (C=O) groups excluding carboxylic acids is 3. The molecule has 3 aliphatic rings. The minimum atomic E-state index is -0.528. The zero-order valence-corrected chi connectivity index (χ0v) is 29.7. The number of ketones is 2. The first kappa shape index (κ1) is 33.6. The highest BCUT2D eigenvalue weighted by molar-refractivity contribution is 9.10. The van der Waals surface area contributed by atoms with Crippen molar-refractivity contribution in [1.29, 1.82) is 0 Å². The number of likely N-dealkylation sites (tertiary alicyclic amines) is 1. The number of nitrogens with zero attached hydrogens (tertiary/aromatic N) is 3. The van der Waals surface area contributed by atoms with Crippen molar-refractivity contribution >= 4 is 44.4 Å². The van der Waals surface area contributed by atoms with Crippen LogP contribution in [0.2, 0.25) is 0 Å². The number of benzene rings is 3. The predicted octanol–water partition coefficient (Wildman–Crippen LogP) is 6.09. The lowest BCUT2D eigenvalue weighted by Crippen LogP contribution is -2.59. The van der Waals surface area contributed by atoms with Crippen molar-refractivity contribution in [3.63, 3.8) is 0 Å². The molecule has 5 aromatic rings. The van der Waals surface area contributed by atoms with Gasteiger partial charge in [0, 0.05) is 77.8 Å². The number of methoxy groups -OCH3 is 1. The summed E-state index contributed by atoms with van der Waals surface area (Å²) in [5.74, 6) is -1.55. The second kappa shape index (κ2) is 12.8. The van der Waals surface area contributed by atoms with Gasteiger partial charge in [0.05, 0.1) is 23.3 Å². The van der Waals surface area contributed by atoms with E-state index in [-0.39, 0.29) is 57.5 Å². The van der Waals surface area contributed by atoms with E-state index in [1.807, 2.05) is 7.11 Å². The number of carbonyl (C=O) groups is 3. The maximum absolute atomic E-state index is 12.5. The number of piperidine rings is 1. The average Bonchev–Trinajstić information content (AvgIpc) is 3.42. The summed E-state index contributed by atoms with van der Waals surface area (Å²) in [6, 6.07) is 15.8. The number of fused-ring (bicyclic) bond motifs is 4. The summed E-state index contributed by atoms with van der Waals surface area (Å²) in [6.45, 7) is 2.94. The molecule has 3 aromatic carbocycles. The summed E-state index contributed by atoms with van der Waals surface area (Å²) < 4.78 is 15.0. The number of esters is 1. The summed E-state index contributed by atoms with van der Waals surface area (Å²) in [5, 5.41) is 21.0. The van der Waals surface area contributed by atoms with Gasteiger partial charge in [0.25, 0.3) is 0 Å². The van der Waals surface area contributed by atoms with Crippen LogP contribution in [0, 0.1) is 12.8 Å². The zero-order chi connectivity index (χ0) is 35.5. The molecular formula is C39H36BrN3O7. The SMILES string of the molecule is COC12CC(COC(=O)c3cncc(Br)c3)CN(C)C1Cc1cn(C)c3cccc2c13.Cc1cc(O)c2c(c1)C(=O)c1cccc(O)c1C2=O. The highest BCUT2D eigenvalue weighted by Crippen LogP contribution is 2.49. The topological polar surface area (TPSA) is 131 Å². The Labute approximate surface area is 297 Å². The van der Waals surface area contributed by atoms with Crippen LogP contribution in [0.4, 0.5) is 0 Å². The van der Waals surface area contributed by atoms with Crippen LogP contribution in [-0.4, -0.2) is 75.6 Å². The number of pyridine rings is 1. The van der Waals surface area contributed by atoms with E-state index in [1.165, 1.54) is 52.5 Å². The van der Waals surface area contributed by atoms with Gasteiger partial charge in [-0.3, -0.25) is 19.5 Å². The van der Waals surface area contributed by atoms with Crippen molar-refractivity contribution in [3.8, 4) is 11.5 Å². The molecule has 1 fully saturated rings. The van der Waals surface area contributed by atoms with Gasteiger partial charge in [-0.15, -0.1) is 0 Å². The lowest BCUT2D eigenvalue weighted by molar-refractivity contribution is -0.131. The van der Waals surface area contributed by atoms with Crippen LogP contribution >= 0.6 is 15.9 Å². The van der Waals surface area contributed by atoms with Gasteiger partial charge in [-0.2, -0.15) is 0 Å². The van der Waals surface area contributed by atoms with Crippen LogP contribution in [0.25, 0.3) is 10.9 Å². The number of hydrogen-bond donors (Lipinski definition) is 2. The van der Waals surface area contributed by atoms with E-state index in [4.69, 9.17) is 9.47 Å². The number of aromatic hydroxyl groups is 2. The first-order valence-electron chi connectivity index (χ1n) is 16.3. The molecule has 1 saturated heterocycles. The largest absolute Gasteiger partial charge is 0.507 e. The van der Waals surface area contributed by atoms with Crippen LogP contribution < -0.4 is 0 Å². The molecule has 0 radical (unpaired) electrons. The number of rotatable bonds is 4. The maximum atomic E-state index is 12.5. The Morgan fingerprint density at radius 2 is 1.76 bits per heavy atom. The van der Waals surface area contributed by atoms with Gasteiger partial charge in [-0.25, -0.2) is 4.79 Å². The predicted molar refractivity (Wildman–Crippen MR) is 190 cm³/mol. The van der Waals surface area contributed by atoms with Crippen LogP contribution in [0.3, 0.4) is 0 Å². The Bertz CT molecular complexity index is 2210. The molecule has 2 aromatic heterocycles. The molecule has 1 aliphatic heterocycles. The molecule has 2 aliphatic carbocycles. The van der Waals surface area contributed by atoms with Crippen molar-refractivity contribution in [2.75, 3.05) is 27.3 Å². The molecule has 0 saturated carbocycles. The summed E-state index contributed by atoms with van der Waals surface area (Å²) in [7, 11) is 6.07. The Morgan fingerprint density at radius 3 is 2.52 bits per heavy atom. The van der Waals surface area contributed by atoms with Crippen LogP contribution in [0.15, 0.2) is 77.7 Å². The van der Waals surface area contributed by atoms with Crippen molar-refractivity contribution < 1.29 is 34.1 Å². The smallest absolute Gasteiger partial charge is 0.339 e. The number of aryl methyl sites for hydroxylation is 2. The van der Waals surface area contributed by atoms with Crippen molar-refractivity contribution in [1.82, 2.24) is 14.5 Å². The molecule has 3 unspecified atom stereocenters. The number of ether oxygens (including phenoxy) is 2. The Hall–Kier alpha value is -4.84. The molecule has 3 atom stereocenters. The summed E-state index contributed by atoms with van der Waals surface area (Å²) >= 11 is 3.35.